The predicted octanol–water partition coefficient (Wildman–Crippen LogP) is 5.28. The molecule has 5 rings (SSSR count). The quantitative estimate of drug-likeness (QED) is 0.578. The van der Waals surface area contributed by atoms with Gasteiger partial charge in [-0.1, -0.05) is 58.0 Å². The standard InChI is InChI=1S/C28H36N2O3.CO2/c1-20(2)23-16-21(17-24-25(23)32-15-12-27(24,3)4)18-29-13-10-28(11-14-29)19-30(26(31)33-28)22-8-6-5-7-9-22;2-1-3/h5-9,16-17,20H,10-15,18-19H2,1-4H3;. The highest BCUT2D eigenvalue weighted by Crippen LogP contribution is 2.44. The molecule has 3 aliphatic heterocycles. The van der Waals surface area contributed by atoms with Crippen LogP contribution in [0.5, 0.6) is 5.75 Å². The van der Waals surface area contributed by atoms with Crippen molar-refractivity contribution >= 4 is 17.9 Å². The molecule has 1 amide bonds. The molecule has 2 aromatic carbocycles. The lowest BCUT2D eigenvalue weighted by Gasteiger charge is -2.38. The normalized spacial score (nSPS) is 20.1. The van der Waals surface area contributed by atoms with E-state index in [0.29, 0.717) is 12.5 Å². The van der Waals surface area contributed by atoms with Crippen molar-refractivity contribution < 1.29 is 23.9 Å². The van der Waals surface area contributed by atoms with Crippen LogP contribution < -0.4 is 9.64 Å². The van der Waals surface area contributed by atoms with Crippen LogP contribution in [0.15, 0.2) is 42.5 Å². The molecule has 0 N–H and O–H groups in total. The number of benzene rings is 2. The van der Waals surface area contributed by atoms with E-state index in [4.69, 9.17) is 19.1 Å². The van der Waals surface area contributed by atoms with Crippen LogP contribution in [0.2, 0.25) is 0 Å². The van der Waals surface area contributed by atoms with E-state index >= 15 is 0 Å². The van der Waals surface area contributed by atoms with Gasteiger partial charge >= 0.3 is 12.2 Å². The number of carbonyl (C=O) groups excluding carboxylic acids is 3. The number of nitrogens with zero attached hydrogens (tertiary/aromatic N) is 2. The SMILES string of the molecule is CC(C)c1cc(CN2CCC3(CC2)CN(c2ccccc2)C(=O)O3)cc2c1OCCC2(C)C.O=C=O. The van der Waals surface area contributed by atoms with Crippen molar-refractivity contribution in [2.24, 2.45) is 0 Å². The summed E-state index contributed by atoms with van der Waals surface area (Å²) in [6.07, 6.45) is 2.83. The molecule has 0 saturated carbocycles. The Hall–Kier alpha value is -3.15. The summed E-state index contributed by atoms with van der Waals surface area (Å²) in [4.78, 5) is 33.1. The lowest BCUT2D eigenvalue weighted by Crippen LogP contribution is -2.46. The predicted molar refractivity (Wildman–Crippen MR) is 136 cm³/mol. The van der Waals surface area contributed by atoms with Gasteiger partial charge in [-0.25, -0.2) is 4.79 Å². The van der Waals surface area contributed by atoms with Crippen molar-refractivity contribution in [3.8, 4) is 5.75 Å². The van der Waals surface area contributed by atoms with Gasteiger partial charge in [0.25, 0.3) is 0 Å². The minimum Gasteiger partial charge on any atom is -0.493 e. The second-order valence-electron chi connectivity index (χ2n) is 11.0. The number of para-hydroxylation sites is 1. The first-order chi connectivity index (χ1) is 17.2. The number of amides is 1. The third kappa shape index (κ3) is 5.32. The fourth-order valence-corrected chi connectivity index (χ4v) is 5.51. The molecule has 36 heavy (non-hydrogen) atoms. The number of ether oxygens (including phenoxy) is 2. The average Bonchev–Trinajstić information content (AvgIpc) is 3.17. The van der Waals surface area contributed by atoms with Crippen LogP contribution in [-0.2, 0) is 26.3 Å². The molecule has 3 heterocycles. The van der Waals surface area contributed by atoms with Crippen LogP contribution in [-0.4, -0.2) is 49.0 Å². The van der Waals surface area contributed by atoms with Gasteiger partial charge < -0.3 is 9.47 Å². The number of rotatable bonds is 4. The number of hydrogen-bond donors (Lipinski definition) is 0. The maximum absolute atomic E-state index is 12.6. The monoisotopic (exact) mass is 492 g/mol. The summed E-state index contributed by atoms with van der Waals surface area (Å²) in [6, 6.07) is 14.6. The number of anilines is 1. The molecule has 0 aromatic heterocycles. The zero-order valence-corrected chi connectivity index (χ0v) is 21.7. The van der Waals surface area contributed by atoms with Crippen LogP contribution in [0.4, 0.5) is 10.5 Å². The molecule has 0 radical (unpaired) electrons. The van der Waals surface area contributed by atoms with E-state index < -0.39 is 0 Å². The van der Waals surface area contributed by atoms with Crippen molar-refractivity contribution in [3.05, 3.63) is 59.2 Å². The molecular weight excluding hydrogens is 456 g/mol. The molecule has 3 aliphatic rings. The highest BCUT2D eigenvalue weighted by atomic mass is 16.6. The van der Waals surface area contributed by atoms with Gasteiger partial charge in [0.15, 0.2) is 0 Å². The molecule has 0 bridgehead atoms. The first-order valence-corrected chi connectivity index (χ1v) is 12.8. The number of fused-ring (bicyclic) bond motifs is 1. The van der Waals surface area contributed by atoms with E-state index in [-0.39, 0.29) is 23.3 Å². The molecule has 7 heteroatoms. The number of piperidine rings is 1. The molecule has 7 nitrogen and oxygen atoms in total. The smallest absolute Gasteiger partial charge is 0.415 e. The lowest BCUT2D eigenvalue weighted by molar-refractivity contribution is -0.191. The van der Waals surface area contributed by atoms with Crippen LogP contribution in [0, 0.1) is 0 Å². The van der Waals surface area contributed by atoms with Gasteiger partial charge in [0.05, 0.1) is 13.2 Å². The average molecular weight is 493 g/mol. The van der Waals surface area contributed by atoms with Gasteiger partial charge in [-0.2, -0.15) is 9.59 Å². The highest BCUT2D eigenvalue weighted by molar-refractivity contribution is 5.90. The van der Waals surface area contributed by atoms with Gasteiger partial charge in [-0.15, -0.1) is 0 Å². The Kier molecular flexibility index (Phi) is 7.53. The molecule has 0 atom stereocenters. The summed E-state index contributed by atoms with van der Waals surface area (Å²) in [5, 5.41) is 0. The maximum Gasteiger partial charge on any atom is 0.415 e. The van der Waals surface area contributed by atoms with Gasteiger partial charge in [0, 0.05) is 43.7 Å². The summed E-state index contributed by atoms with van der Waals surface area (Å²) < 4.78 is 12.1. The largest absolute Gasteiger partial charge is 0.493 e. The minimum atomic E-state index is -0.363. The molecule has 192 valence electrons. The van der Waals surface area contributed by atoms with Crippen LogP contribution >= 0.6 is 0 Å². The molecule has 2 fully saturated rings. The highest BCUT2D eigenvalue weighted by Gasteiger charge is 2.47. The Labute approximate surface area is 213 Å². The van der Waals surface area contributed by atoms with E-state index in [1.807, 2.05) is 30.3 Å². The first kappa shape index (κ1) is 25.9. The molecule has 2 saturated heterocycles. The topological polar surface area (TPSA) is 76.2 Å². The van der Waals surface area contributed by atoms with Gasteiger partial charge in [0.1, 0.15) is 11.4 Å². The molecule has 1 spiro atoms. The maximum atomic E-state index is 12.6. The van der Waals surface area contributed by atoms with Crippen molar-refractivity contribution in [3.63, 3.8) is 0 Å². The number of likely N-dealkylation sites (tertiary alicyclic amines) is 1. The van der Waals surface area contributed by atoms with E-state index in [1.54, 1.807) is 4.90 Å². The summed E-state index contributed by atoms with van der Waals surface area (Å²) in [5.74, 6) is 1.54. The Morgan fingerprint density at radius 1 is 1.03 bits per heavy atom. The Morgan fingerprint density at radius 2 is 1.69 bits per heavy atom. The second-order valence-corrected chi connectivity index (χ2v) is 11.0. The molecule has 0 unspecified atom stereocenters. The van der Waals surface area contributed by atoms with E-state index in [2.05, 4.69) is 44.7 Å². The van der Waals surface area contributed by atoms with Crippen molar-refractivity contribution in [2.75, 3.05) is 31.1 Å². The summed E-state index contributed by atoms with van der Waals surface area (Å²) >= 11 is 0. The molecular formula is C29H36N2O5. The lowest BCUT2D eigenvalue weighted by atomic mass is 9.77. The third-order valence-electron chi connectivity index (χ3n) is 7.71. The van der Waals surface area contributed by atoms with Crippen molar-refractivity contribution in [2.45, 2.75) is 70.4 Å². The van der Waals surface area contributed by atoms with Gasteiger partial charge in [-0.05, 0) is 41.0 Å². The zero-order valence-electron chi connectivity index (χ0n) is 21.7. The Morgan fingerprint density at radius 3 is 2.33 bits per heavy atom. The fraction of sp³-hybridized carbons (Fsp3) is 0.517. The van der Waals surface area contributed by atoms with Crippen molar-refractivity contribution in [1.29, 1.82) is 0 Å². The van der Waals surface area contributed by atoms with E-state index in [1.165, 1.54) is 16.7 Å². The third-order valence-corrected chi connectivity index (χ3v) is 7.71. The Balaban J connectivity index is 0.000000967. The Bertz CT molecular complexity index is 1110. The summed E-state index contributed by atoms with van der Waals surface area (Å²) in [6.45, 7) is 13.4. The second kappa shape index (κ2) is 10.5. The minimum absolute atomic E-state index is 0.137. The van der Waals surface area contributed by atoms with Crippen LogP contribution in [0.25, 0.3) is 0 Å². The number of carbonyl (C=O) groups is 1. The first-order valence-electron chi connectivity index (χ1n) is 12.8. The van der Waals surface area contributed by atoms with Crippen molar-refractivity contribution in [1.82, 2.24) is 4.90 Å². The van der Waals surface area contributed by atoms with Crippen LogP contribution in [0.3, 0.4) is 0 Å². The zero-order chi connectivity index (χ0) is 25.9. The number of hydrogen-bond acceptors (Lipinski definition) is 6. The van der Waals surface area contributed by atoms with E-state index in [0.717, 1.165) is 56.9 Å². The van der Waals surface area contributed by atoms with Crippen LogP contribution in [0.1, 0.15) is 69.6 Å². The fourth-order valence-electron chi connectivity index (χ4n) is 5.51. The summed E-state index contributed by atoms with van der Waals surface area (Å²) in [7, 11) is 0. The van der Waals surface area contributed by atoms with Gasteiger partial charge in [-0.3, -0.25) is 9.80 Å². The summed E-state index contributed by atoms with van der Waals surface area (Å²) in [5.41, 5.74) is 4.73. The molecule has 0 aliphatic carbocycles. The van der Waals surface area contributed by atoms with Gasteiger partial charge in [0.2, 0.25) is 0 Å². The molecule has 2 aromatic rings. The van der Waals surface area contributed by atoms with E-state index in [9.17, 15) is 4.79 Å².